The zero-order valence-electron chi connectivity index (χ0n) is 19.3. The van der Waals surface area contributed by atoms with Crippen molar-refractivity contribution >= 4 is 63.7 Å². The van der Waals surface area contributed by atoms with Crippen molar-refractivity contribution in [1.82, 2.24) is 0 Å². The SMILES string of the molecule is CCOC(=O)C1=CS/C(=C2/C(=S)C(C)(C)N(C(=O)CC(C)C)c3ccc(OCC)cc32)S1. The van der Waals surface area contributed by atoms with Crippen LogP contribution in [-0.4, -0.2) is 35.5 Å². The Labute approximate surface area is 204 Å². The van der Waals surface area contributed by atoms with Crippen molar-refractivity contribution < 1.29 is 19.1 Å². The summed E-state index contributed by atoms with van der Waals surface area (Å²) in [5, 5.41) is 1.81. The molecule has 3 rings (SSSR count). The van der Waals surface area contributed by atoms with Crippen molar-refractivity contribution in [2.24, 2.45) is 5.92 Å². The van der Waals surface area contributed by atoms with Crippen LogP contribution in [0.5, 0.6) is 5.75 Å². The molecule has 0 unspecified atom stereocenters. The van der Waals surface area contributed by atoms with E-state index in [-0.39, 0.29) is 17.8 Å². The summed E-state index contributed by atoms with van der Waals surface area (Å²) in [7, 11) is 0. The van der Waals surface area contributed by atoms with Crippen LogP contribution in [0.15, 0.2) is 32.7 Å². The molecule has 5 nitrogen and oxygen atoms in total. The zero-order valence-corrected chi connectivity index (χ0v) is 21.8. The van der Waals surface area contributed by atoms with Crippen LogP contribution >= 0.6 is 35.7 Å². The molecule has 32 heavy (non-hydrogen) atoms. The van der Waals surface area contributed by atoms with Crippen LogP contribution in [0.4, 0.5) is 5.69 Å². The van der Waals surface area contributed by atoms with Gasteiger partial charge in [-0.2, -0.15) is 0 Å². The summed E-state index contributed by atoms with van der Waals surface area (Å²) in [5.74, 6) is 0.655. The summed E-state index contributed by atoms with van der Waals surface area (Å²) in [4.78, 5) is 28.6. The molecule has 0 saturated heterocycles. The summed E-state index contributed by atoms with van der Waals surface area (Å²) < 4.78 is 11.8. The average molecular weight is 492 g/mol. The van der Waals surface area contributed by atoms with E-state index in [9.17, 15) is 9.59 Å². The van der Waals surface area contributed by atoms with E-state index in [1.165, 1.54) is 23.5 Å². The Kier molecular flexibility index (Phi) is 7.78. The highest BCUT2D eigenvalue weighted by atomic mass is 32.2. The number of hydrogen-bond acceptors (Lipinski definition) is 7. The van der Waals surface area contributed by atoms with E-state index in [0.717, 1.165) is 26.8 Å². The maximum absolute atomic E-state index is 13.3. The first-order valence-electron chi connectivity index (χ1n) is 10.7. The van der Waals surface area contributed by atoms with E-state index in [4.69, 9.17) is 21.7 Å². The van der Waals surface area contributed by atoms with Gasteiger partial charge in [0.15, 0.2) is 0 Å². The van der Waals surface area contributed by atoms with Gasteiger partial charge in [0, 0.05) is 17.6 Å². The molecular weight excluding hydrogens is 462 g/mol. The Bertz CT molecular complexity index is 1010. The molecule has 0 fully saturated rings. The van der Waals surface area contributed by atoms with Gasteiger partial charge in [0.05, 0.1) is 33.5 Å². The molecule has 8 heteroatoms. The molecule has 2 aliphatic rings. The van der Waals surface area contributed by atoms with Crippen LogP contribution in [0.3, 0.4) is 0 Å². The quantitative estimate of drug-likeness (QED) is 0.267. The van der Waals surface area contributed by atoms with Gasteiger partial charge >= 0.3 is 5.97 Å². The van der Waals surface area contributed by atoms with Crippen LogP contribution in [0.1, 0.15) is 53.5 Å². The highest BCUT2D eigenvalue weighted by Crippen LogP contribution is 2.53. The minimum atomic E-state index is -0.697. The smallest absolute Gasteiger partial charge is 0.345 e. The fourth-order valence-electron chi connectivity index (χ4n) is 3.74. The van der Waals surface area contributed by atoms with Crippen LogP contribution in [0.25, 0.3) is 5.57 Å². The largest absolute Gasteiger partial charge is 0.494 e. The van der Waals surface area contributed by atoms with E-state index in [2.05, 4.69) is 0 Å². The van der Waals surface area contributed by atoms with Gasteiger partial charge in [-0.1, -0.05) is 49.6 Å². The van der Waals surface area contributed by atoms with E-state index < -0.39 is 5.54 Å². The maximum atomic E-state index is 13.3. The number of anilines is 1. The first-order valence-corrected chi connectivity index (χ1v) is 12.8. The molecule has 0 saturated carbocycles. The molecular formula is C24H29NO4S3. The van der Waals surface area contributed by atoms with Crippen molar-refractivity contribution in [3.8, 4) is 5.75 Å². The lowest BCUT2D eigenvalue weighted by molar-refractivity contribution is -0.137. The molecule has 1 aromatic rings. The molecule has 172 valence electrons. The summed E-state index contributed by atoms with van der Waals surface area (Å²) in [6, 6.07) is 5.77. The summed E-state index contributed by atoms with van der Waals surface area (Å²) >= 11 is 8.83. The van der Waals surface area contributed by atoms with Gasteiger partial charge in [-0.15, -0.1) is 0 Å². The number of thioether (sulfide) groups is 2. The first-order chi connectivity index (χ1) is 15.1. The molecule has 0 aromatic heterocycles. The first kappa shape index (κ1) is 24.9. The molecule has 0 atom stereocenters. The molecule has 0 bridgehead atoms. The monoisotopic (exact) mass is 491 g/mol. The zero-order chi connectivity index (χ0) is 23.6. The number of nitrogens with zero attached hydrogens (tertiary/aromatic N) is 1. The molecule has 0 radical (unpaired) electrons. The lowest BCUT2D eigenvalue weighted by atomic mass is 9.82. The second kappa shape index (κ2) is 10.0. The van der Waals surface area contributed by atoms with Crippen molar-refractivity contribution in [1.29, 1.82) is 0 Å². The number of thiocarbonyl (C=S) groups is 1. The number of ether oxygens (including phenoxy) is 2. The van der Waals surface area contributed by atoms with Crippen molar-refractivity contribution in [2.75, 3.05) is 18.1 Å². The number of fused-ring (bicyclic) bond motifs is 1. The predicted molar refractivity (Wildman–Crippen MR) is 138 cm³/mol. The Hall–Kier alpha value is -1.77. The average Bonchev–Trinajstić information content (AvgIpc) is 3.19. The van der Waals surface area contributed by atoms with E-state index in [0.29, 0.717) is 29.4 Å². The molecule has 1 aromatic carbocycles. The molecule has 2 heterocycles. The number of esters is 1. The number of benzene rings is 1. The van der Waals surface area contributed by atoms with Crippen LogP contribution < -0.4 is 9.64 Å². The minimum Gasteiger partial charge on any atom is -0.494 e. The second-order valence-corrected chi connectivity index (χ2v) is 11.0. The maximum Gasteiger partial charge on any atom is 0.345 e. The Morgan fingerprint density at radius 1 is 1.19 bits per heavy atom. The molecule has 2 aliphatic heterocycles. The fraction of sp³-hybridized carbons (Fsp3) is 0.458. The number of hydrogen-bond donors (Lipinski definition) is 0. The van der Waals surface area contributed by atoms with Crippen LogP contribution in [-0.2, 0) is 14.3 Å². The van der Waals surface area contributed by atoms with E-state index in [1.807, 2.05) is 63.1 Å². The molecule has 0 aliphatic carbocycles. The van der Waals surface area contributed by atoms with Crippen LogP contribution in [0, 0.1) is 5.92 Å². The predicted octanol–water partition coefficient (Wildman–Crippen LogP) is 6.18. The minimum absolute atomic E-state index is 0.0406. The number of carbonyl (C=O) groups excluding carboxylic acids is 2. The van der Waals surface area contributed by atoms with Crippen LogP contribution in [0.2, 0.25) is 0 Å². The Morgan fingerprint density at radius 2 is 1.91 bits per heavy atom. The van der Waals surface area contributed by atoms with Gasteiger partial charge in [-0.3, -0.25) is 4.79 Å². The summed E-state index contributed by atoms with van der Waals surface area (Å²) in [6.45, 7) is 12.6. The highest BCUT2D eigenvalue weighted by Gasteiger charge is 2.45. The van der Waals surface area contributed by atoms with Crippen molar-refractivity contribution in [2.45, 2.75) is 53.5 Å². The summed E-state index contributed by atoms with van der Waals surface area (Å²) in [6.07, 6.45) is 0.433. The van der Waals surface area contributed by atoms with Gasteiger partial charge in [0.1, 0.15) is 10.7 Å². The van der Waals surface area contributed by atoms with E-state index in [1.54, 1.807) is 6.92 Å². The lowest BCUT2D eigenvalue weighted by Crippen LogP contribution is -2.56. The number of amides is 1. The normalized spacial score (nSPS) is 19.7. The third-order valence-electron chi connectivity index (χ3n) is 5.12. The standard InChI is InChI=1S/C24H29NO4S3/c1-7-28-15-9-10-17-16(12-15)20(23-31-13-18(32-23)22(27)29-8-2)21(30)24(5,6)25(17)19(26)11-14(3)4/h9-10,12-14H,7-8,11H2,1-6H3/b23-20-. The van der Waals surface area contributed by atoms with Crippen molar-refractivity contribution in [3.63, 3.8) is 0 Å². The highest BCUT2D eigenvalue weighted by molar-refractivity contribution is 8.28. The number of carbonyl (C=O) groups is 2. The third-order valence-corrected chi connectivity index (χ3v) is 8.18. The molecule has 1 amide bonds. The molecule has 0 spiro atoms. The lowest BCUT2D eigenvalue weighted by Gasteiger charge is -2.45. The van der Waals surface area contributed by atoms with Gasteiger partial charge < -0.3 is 14.4 Å². The fourth-order valence-corrected chi connectivity index (χ4v) is 6.42. The molecule has 0 N–H and O–H groups in total. The number of rotatable bonds is 6. The van der Waals surface area contributed by atoms with Crippen molar-refractivity contribution in [3.05, 3.63) is 38.3 Å². The topological polar surface area (TPSA) is 55.8 Å². The van der Waals surface area contributed by atoms with Gasteiger partial charge in [-0.25, -0.2) is 4.79 Å². The van der Waals surface area contributed by atoms with E-state index >= 15 is 0 Å². The third kappa shape index (κ3) is 4.77. The van der Waals surface area contributed by atoms with Gasteiger partial charge in [-0.05, 0) is 57.2 Å². The second-order valence-electron chi connectivity index (χ2n) is 8.41. The van der Waals surface area contributed by atoms with Gasteiger partial charge in [0.2, 0.25) is 5.91 Å². The van der Waals surface area contributed by atoms with Gasteiger partial charge in [0.25, 0.3) is 0 Å². The Morgan fingerprint density at radius 3 is 2.53 bits per heavy atom. The summed E-state index contributed by atoms with van der Waals surface area (Å²) in [5.41, 5.74) is 1.84. The Balaban J connectivity index is 2.15.